The molecule has 5 rings (SSSR count). The van der Waals surface area contributed by atoms with Crippen LogP contribution < -0.4 is 10.1 Å². The maximum Gasteiger partial charge on any atom is 0.252 e. The molecule has 0 bridgehead atoms. The third-order valence-electron chi connectivity index (χ3n) is 6.85. The van der Waals surface area contributed by atoms with Crippen LogP contribution >= 0.6 is 0 Å². The van der Waals surface area contributed by atoms with Crippen LogP contribution in [0.1, 0.15) is 48.5 Å². The second-order valence-corrected chi connectivity index (χ2v) is 9.80. The number of carbonyl (C=O) groups is 1. The summed E-state index contributed by atoms with van der Waals surface area (Å²) in [5.41, 5.74) is 10.6. The van der Waals surface area contributed by atoms with Gasteiger partial charge in [-0.05, 0) is 48.2 Å². The molecule has 0 saturated heterocycles. The van der Waals surface area contributed by atoms with E-state index in [2.05, 4.69) is 15.3 Å². The predicted octanol–water partition coefficient (Wildman–Crippen LogP) is 6.03. The maximum absolute atomic E-state index is 14.0. The number of aliphatic imine (C=N–C) groups is 1. The fraction of sp³-hybridized carbons (Fsp3) is 0.290. The molecule has 0 radical (unpaired) electrons. The number of nitrogens with zero attached hydrogens (tertiary/aromatic N) is 4. The van der Waals surface area contributed by atoms with Crippen LogP contribution in [0.2, 0.25) is 0 Å². The van der Waals surface area contributed by atoms with Gasteiger partial charge in [0.2, 0.25) is 5.90 Å². The van der Waals surface area contributed by atoms with Gasteiger partial charge in [-0.15, -0.1) is 0 Å². The molecule has 204 valence electrons. The number of hydrogen-bond donors (Lipinski definition) is 2. The molecule has 1 saturated carbocycles. The number of carbonyl (C=O) groups excluding carboxylic acids is 1. The highest BCUT2D eigenvalue weighted by Gasteiger charge is 2.53. The van der Waals surface area contributed by atoms with Crippen molar-refractivity contribution < 1.29 is 19.4 Å². The molecule has 0 spiro atoms. The Labute approximate surface area is 232 Å². The summed E-state index contributed by atoms with van der Waals surface area (Å²) >= 11 is 0. The Balaban J connectivity index is 1.55. The summed E-state index contributed by atoms with van der Waals surface area (Å²) in [7, 11) is 0. The van der Waals surface area contributed by atoms with Crippen LogP contribution in [0.25, 0.3) is 16.5 Å². The van der Waals surface area contributed by atoms with Crippen molar-refractivity contribution in [3.05, 3.63) is 112 Å². The molecule has 2 N–H and O–H groups in total. The maximum atomic E-state index is 14.0. The highest BCUT2D eigenvalue weighted by atomic mass is 16.5. The van der Waals surface area contributed by atoms with Gasteiger partial charge in [-0.25, -0.2) is 4.99 Å². The first-order valence-corrected chi connectivity index (χ1v) is 13.4. The topological polar surface area (TPSA) is 129 Å². The summed E-state index contributed by atoms with van der Waals surface area (Å²) in [6.07, 6.45) is 5.74. The monoisotopic (exact) mass is 537 g/mol. The van der Waals surface area contributed by atoms with Gasteiger partial charge in [-0.2, -0.15) is 0 Å². The Bertz CT molecular complexity index is 1430. The fourth-order valence-corrected chi connectivity index (χ4v) is 4.62. The van der Waals surface area contributed by atoms with E-state index in [1.807, 2.05) is 66.7 Å². The lowest BCUT2D eigenvalue weighted by Gasteiger charge is -2.30. The minimum absolute atomic E-state index is 0.0607. The van der Waals surface area contributed by atoms with Gasteiger partial charge in [0.05, 0.1) is 6.61 Å². The van der Waals surface area contributed by atoms with E-state index in [0.29, 0.717) is 41.5 Å². The van der Waals surface area contributed by atoms with E-state index in [-0.39, 0.29) is 25.0 Å². The lowest BCUT2D eigenvalue weighted by atomic mass is 9.83. The van der Waals surface area contributed by atoms with Crippen LogP contribution in [0.3, 0.4) is 0 Å². The van der Waals surface area contributed by atoms with Gasteiger partial charge in [0.25, 0.3) is 5.91 Å². The summed E-state index contributed by atoms with van der Waals surface area (Å²) in [6.45, 7) is 0.467. The number of azide groups is 1. The molecule has 9 heteroatoms. The molecule has 2 atom stereocenters. The zero-order chi connectivity index (χ0) is 27.8. The molecule has 1 aliphatic carbocycles. The Kier molecular flexibility index (Phi) is 8.44. The van der Waals surface area contributed by atoms with Crippen molar-refractivity contribution in [2.24, 2.45) is 10.1 Å². The standard InChI is InChI=1S/C31H31N5O4/c32-36-35-27-12-5-4-11-26(27)28-31(30(38)33-24-15-16-24,19-6-10-22-8-2-1-3-9-22)34-29(40-28)23-13-17-25(18-14-23)39-21-7-20-37/h1-6,8-14,17-18,24,28,37H,7,15-16,19-21H2,(H,33,38)/b10-6+/t28-,31-/m1/s1. The van der Waals surface area contributed by atoms with Crippen molar-refractivity contribution in [2.45, 2.75) is 43.4 Å². The van der Waals surface area contributed by atoms with E-state index < -0.39 is 11.6 Å². The summed E-state index contributed by atoms with van der Waals surface area (Å²) in [5.74, 6) is 0.749. The largest absolute Gasteiger partial charge is 0.494 e. The second-order valence-electron chi connectivity index (χ2n) is 9.80. The van der Waals surface area contributed by atoms with Crippen molar-refractivity contribution in [1.29, 1.82) is 0 Å². The van der Waals surface area contributed by atoms with Gasteiger partial charge >= 0.3 is 0 Å². The summed E-state index contributed by atoms with van der Waals surface area (Å²) in [6, 6.07) is 24.4. The van der Waals surface area contributed by atoms with Crippen molar-refractivity contribution >= 4 is 23.6 Å². The molecular formula is C31H31N5O4. The van der Waals surface area contributed by atoms with Gasteiger partial charge in [-0.3, -0.25) is 4.79 Å². The third-order valence-corrected chi connectivity index (χ3v) is 6.85. The average Bonchev–Trinajstić information content (AvgIpc) is 3.72. The average molecular weight is 538 g/mol. The Hall–Kier alpha value is -4.59. The van der Waals surface area contributed by atoms with Gasteiger partial charge in [0.15, 0.2) is 11.6 Å². The highest BCUT2D eigenvalue weighted by Crippen LogP contribution is 2.46. The number of aliphatic hydroxyl groups excluding tert-OH is 1. The van der Waals surface area contributed by atoms with E-state index in [0.717, 1.165) is 18.4 Å². The number of amides is 1. The first-order valence-electron chi connectivity index (χ1n) is 13.4. The minimum Gasteiger partial charge on any atom is -0.494 e. The Morgan fingerprint density at radius 2 is 1.88 bits per heavy atom. The third kappa shape index (κ3) is 6.17. The molecule has 1 aliphatic heterocycles. The molecule has 2 aliphatic rings. The number of ether oxygens (including phenoxy) is 2. The number of benzene rings is 3. The first-order chi connectivity index (χ1) is 19.6. The summed E-state index contributed by atoms with van der Waals surface area (Å²) in [5, 5.41) is 16.0. The molecular weight excluding hydrogens is 506 g/mol. The Morgan fingerprint density at radius 3 is 2.60 bits per heavy atom. The molecule has 1 amide bonds. The molecule has 9 nitrogen and oxygen atoms in total. The van der Waals surface area contributed by atoms with Gasteiger partial charge < -0.3 is 19.9 Å². The fourth-order valence-electron chi connectivity index (χ4n) is 4.62. The van der Waals surface area contributed by atoms with E-state index >= 15 is 0 Å². The molecule has 0 aromatic heterocycles. The van der Waals surface area contributed by atoms with Crippen LogP contribution in [0.4, 0.5) is 5.69 Å². The highest BCUT2D eigenvalue weighted by molar-refractivity contribution is 6.01. The lowest BCUT2D eigenvalue weighted by molar-refractivity contribution is -0.128. The number of nitrogens with one attached hydrogen (secondary N) is 1. The summed E-state index contributed by atoms with van der Waals surface area (Å²) in [4.78, 5) is 22.0. The molecule has 1 heterocycles. The van der Waals surface area contributed by atoms with Crippen LogP contribution in [0.5, 0.6) is 5.75 Å². The molecule has 1 fully saturated rings. The first kappa shape index (κ1) is 27.0. The smallest absolute Gasteiger partial charge is 0.252 e. The molecule has 0 unspecified atom stereocenters. The molecule has 3 aromatic carbocycles. The minimum atomic E-state index is -1.33. The second kappa shape index (κ2) is 12.5. The number of aliphatic hydroxyl groups is 1. The zero-order valence-corrected chi connectivity index (χ0v) is 22.0. The van der Waals surface area contributed by atoms with Crippen LogP contribution in [0.15, 0.2) is 95.0 Å². The van der Waals surface area contributed by atoms with Crippen LogP contribution in [0, 0.1) is 0 Å². The van der Waals surface area contributed by atoms with Crippen molar-refractivity contribution in [2.75, 3.05) is 13.2 Å². The zero-order valence-electron chi connectivity index (χ0n) is 22.0. The van der Waals surface area contributed by atoms with E-state index in [1.165, 1.54) is 0 Å². The van der Waals surface area contributed by atoms with E-state index in [4.69, 9.17) is 19.6 Å². The van der Waals surface area contributed by atoms with Crippen molar-refractivity contribution in [3.63, 3.8) is 0 Å². The van der Waals surface area contributed by atoms with Crippen molar-refractivity contribution in [1.82, 2.24) is 5.32 Å². The van der Waals surface area contributed by atoms with E-state index in [9.17, 15) is 10.3 Å². The van der Waals surface area contributed by atoms with Crippen LogP contribution in [-0.4, -0.2) is 41.7 Å². The lowest BCUT2D eigenvalue weighted by Crippen LogP contribution is -2.48. The molecule has 3 aromatic rings. The number of hydrogen-bond acceptors (Lipinski definition) is 6. The Morgan fingerprint density at radius 1 is 1.12 bits per heavy atom. The quantitative estimate of drug-likeness (QED) is 0.126. The number of rotatable bonds is 12. The SMILES string of the molecule is [N-]=[N+]=Nc1ccccc1[C@H]1OC(c2ccc(OCCCO)cc2)=N[C@@]1(C/C=C/c1ccccc1)C(=O)NC1CC1. The van der Waals surface area contributed by atoms with Gasteiger partial charge in [0.1, 0.15) is 5.75 Å². The summed E-state index contributed by atoms with van der Waals surface area (Å²) < 4.78 is 12.2. The van der Waals surface area contributed by atoms with Crippen molar-refractivity contribution in [3.8, 4) is 5.75 Å². The normalized spacial score (nSPS) is 19.9. The van der Waals surface area contributed by atoms with E-state index in [1.54, 1.807) is 24.3 Å². The van der Waals surface area contributed by atoms with Crippen LogP contribution in [-0.2, 0) is 9.53 Å². The van der Waals surface area contributed by atoms with Gasteiger partial charge in [0, 0.05) is 47.2 Å². The molecule has 40 heavy (non-hydrogen) atoms. The van der Waals surface area contributed by atoms with Gasteiger partial charge in [-0.1, -0.05) is 71.9 Å². The predicted molar refractivity (Wildman–Crippen MR) is 153 cm³/mol.